The van der Waals surface area contributed by atoms with Gasteiger partial charge in [-0.1, -0.05) is 12.8 Å². The summed E-state index contributed by atoms with van der Waals surface area (Å²) in [6, 6.07) is 0. The Bertz CT molecular complexity index is 227. The van der Waals surface area contributed by atoms with Crippen LogP contribution in [0.1, 0.15) is 25.7 Å². The highest BCUT2D eigenvalue weighted by Gasteiger charge is 2.45. The molecule has 2 atom stereocenters. The summed E-state index contributed by atoms with van der Waals surface area (Å²) in [5, 5.41) is 0. The van der Waals surface area contributed by atoms with Crippen molar-refractivity contribution < 1.29 is 13.6 Å². The lowest BCUT2D eigenvalue weighted by atomic mass is 9.87. The van der Waals surface area contributed by atoms with E-state index >= 15 is 0 Å². The molecular weight excluding hydrogens is 184 g/mol. The van der Waals surface area contributed by atoms with Gasteiger partial charge in [0, 0.05) is 0 Å². The van der Waals surface area contributed by atoms with E-state index in [0.29, 0.717) is 0 Å². The van der Waals surface area contributed by atoms with Crippen LogP contribution in [0.3, 0.4) is 0 Å². The third kappa shape index (κ3) is 1.78. The quantitative estimate of drug-likeness (QED) is 0.560. The van der Waals surface area contributed by atoms with Gasteiger partial charge >= 0.3 is 8.56 Å². The molecule has 1 saturated carbocycles. The molecule has 1 aliphatic heterocycles. The Labute approximate surface area is 79.7 Å². The molecule has 0 aromatic carbocycles. The summed E-state index contributed by atoms with van der Waals surface area (Å²) in [5.41, 5.74) is 0. The minimum absolute atomic E-state index is 0.00684. The molecule has 13 heavy (non-hydrogen) atoms. The highest BCUT2D eigenvalue weighted by atomic mass is 28.4. The van der Waals surface area contributed by atoms with Crippen molar-refractivity contribution in [1.29, 1.82) is 0 Å². The molecule has 1 aliphatic carbocycles. The van der Waals surface area contributed by atoms with Crippen LogP contribution < -0.4 is 0 Å². The smallest absolute Gasteiger partial charge is 0.395 e. The average Bonchev–Trinajstić information content (AvgIpc) is 2.02. The normalized spacial score (nSPS) is 37.8. The Balaban J connectivity index is 2.12. The summed E-state index contributed by atoms with van der Waals surface area (Å²) in [7, 11) is -2.11. The zero-order valence-corrected chi connectivity index (χ0v) is 9.21. The van der Waals surface area contributed by atoms with Gasteiger partial charge in [0.15, 0.2) is 0 Å². The molecule has 0 N–H and O–H groups in total. The number of rotatable bonds is 0. The van der Waals surface area contributed by atoms with Crippen LogP contribution in [0.2, 0.25) is 13.1 Å². The van der Waals surface area contributed by atoms with Gasteiger partial charge in [0.1, 0.15) is 0 Å². The predicted molar refractivity (Wildman–Crippen MR) is 50.4 cm³/mol. The van der Waals surface area contributed by atoms with Crippen LogP contribution in [0.4, 0.5) is 0 Å². The van der Waals surface area contributed by atoms with E-state index in [2.05, 4.69) is 0 Å². The van der Waals surface area contributed by atoms with E-state index in [1.54, 1.807) is 0 Å². The number of hydrogen-bond donors (Lipinski definition) is 0. The second-order valence-corrected chi connectivity index (χ2v) is 7.61. The number of carbonyl (C=O) groups is 1. The fourth-order valence-electron chi connectivity index (χ4n) is 2.21. The van der Waals surface area contributed by atoms with Gasteiger partial charge in [0.05, 0.1) is 12.0 Å². The number of carbonyl (C=O) groups excluding carboxylic acids is 1. The lowest BCUT2D eigenvalue weighted by molar-refractivity contribution is -0.154. The second kappa shape index (κ2) is 3.10. The Morgan fingerprint density at radius 3 is 2.77 bits per heavy atom. The Kier molecular flexibility index (Phi) is 2.19. The molecule has 4 heteroatoms. The van der Waals surface area contributed by atoms with Crippen molar-refractivity contribution in [2.45, 2.75) is 44.9 Å². The van der Waals surface area contributed by atoms with Crippen molar-refractivity contribution >= 4 is 14.5 Å². The van der Waals surface area contributed by atoms with Crippen molar-refractivity contribution in [3.63, 3.8) is 0 Å². The fourth-order valence-corrected chi connectivity index (χ4v) is 3.91. The molecule has 0 bridgehead atoms. The van der Waals surface area contributed by atoms with Crippen LogP contribution in [-0.4, -0.2) is 20.6 Å². The van der Waals surface area contributed by atoms with Gasteiger partial charge in [-0.3, -0.25) is 4.79 Å². The molecule has 1 heterocycles. The number of fused-ring (bicyclic) bond motifs is 1. The van der Waals surface area contributed by atoms with E-state index < -0.39 is 8.56 Å². The average molecular weight is 200 g/mol. The van der Waals surface area contributed by atoms with E-state index in [1.165, 1.54) is 6.42 Å². The Morgan fingerprint density at radius 1 is 1.31 bits per heavy atom. The highest BCUT2D eigenvalue weighted by Crippen LogP contribution is 2.34. The topological polar surface area (TPSA) is 35.5 Å². The molecule has 2 fully saturated rings. The largest absolute Gasteiger partial charge is 0.494 e. The zero-order valence-electron chi connectivity index (χ0n) is 8.21. The van der Waals surface area contributed by atoms with Crippen molar-refractivity contribution in [3.8, 4) is 0 Å². The van der Waals surface area contributed by atoms with Crippen LogP contribution in [0, 0.1) is 5.92 Å². The first-order valence-corrected chi connectivity index (χ1v) is 7.81. The van der Waals surface area contributed by atoms with Gasteiger partial charge in [-0.05, 0) is 25.9 Å². The summed E-state index contributed by atoms with van der Waals surface area (Å²) in [5.74, 6) is 0.0295. The summed E-state index contributed by atoms with van der Waals surface area (Å²) in [6.07, 6.45) is 4.49. The molecule has 74 valence electrons. The molecule has 2 rings (SSSR count). The van der Waals surface area contributed by atoms with E-state index in [0.717, 1.165) is 19.3 Å². The summed E-state index contributed by atoms with van der Waals surface area (Å²) < 4.78 is 11.2. The number of hydrogen-bond acceptors (Lipinski definition) is 3. The summed E-state index contributed by atoms with van der Waals surface area (Å²) in [6.45, 7) is 3.88. The Morgan fingerprint density at radius 2 is 2.00 bits per heavy atom. The van der Waals surface area contributed by atoms with E-state index in [9.17, 15) is 4.79 Å². The van der Waals surface area contributed by atoms with Crippen LogP contribution in [0.5, 0.6) is 0 Å². The Hall–Kier alpha value is -0.353. The van der Waals surface area contributed by atoms with Crippen LogP contribution in [-0.2, 0) is 13.6 Å². The van der Waals surface area contributed by atoms with Crippen LogP contribution in [0.15, 0.2) is 0 Å². The lowest BCUT2D eigenvalue weighted by Gasteiger charge is -2.40. The zero-order chi connectivity index (χ0) is 9.47. The first-order valence-electron chi connectivity index (χ1n) is 4.99. The van der Waals surface area contributed by atoms with Crippen LogP contribution >= 0.6 is 0 Å². The lowest BCUT2D eigenvalue weighted by Crippen LogP contribution is -2.53. The first kappa shape index (κ1) is 9.21. The van der Waals surface area contributed by atoms with Gasteiger partial charge in [0.2, 0.25) is 0 Å². The van der Waals surface area contributed by atoms with Crippen LogP contribution in [0.25, 0.3) is 0 Å². The summed E-state index contributed by atoms with van der Waals surface area (Å²) >= 11 is 0. The van der Waals surface area contributed by atoms with Crippen molar-refractivity contribution in [2.24, 2.45) is 5.92 Å². The minimum atomic E-state index is -2.11. The van der Waals surface area contributed by atoms with Gasteiger partial charge < -0.3 is 8.85 Å². The SMILES string of the molecule is C[Si]1(C)OC(=O)C2CCCCC2O1. The van der Waals surface area contributed by atoms with E-state index in [4.69, 9.17) is 8.85 Å². The molecule has 0 amide bonds. The first-order chi connectivity index (χ1) is 6.08. The molecular formula is C9H16O3Si. The molecule has 3 nitrogen and oxygen atoms in total. The molecule has 0 spiro atoms. The molecule has 0 radical (unpaired) electrons. The standard InChI is InChI=1S/C9H16O3Si/c1-13(2)11-8-6-4-3-5-7(8)9(10)12-13/h7-8H,3-6H2,1-2H3. The maximum atomic E-state index is 11.6. The third-order valence-electron chi connectivity index (χ3n) is 2.79. The molecule has 0 aromatic rings. The third-order valence-corrected chi connectivity index (χ3v) is 4.35. The maximum absolute atomic E-state index is 11.6. The minimum Gasteiger partial charge on any atom is -0.494 e. The highest BCUT2D eigenvalue weighted by molar-refractivity contribution is 6.66. The van der Waals surface area contributed by atoms with Gasteiger partial charge in [0.25, 0.3) is 5.97 Å². The van der Waals surface area contributed by atoms with Gasteiger partial charge in [-0.2, -0.15) is 0 Å². The fraction of sp³-hybridized carbons (Fsp3) is 0.889. The molecule has 0 aromatic heterocycles. The maximum Gasteiger partial charge on any atom is 0.395 e. The van der Waals surface area contributed by atoms with Crippen molar-refractivity contribution in [2.75, 3.05) is 0 Å². The van der Waals surface area contributed by atoms with E-state index in [1.807, 2.05) is 13.1 Å². The van der Waals surface area contributed by atoms with Gasteiger partial charge in [-0.25, -0.2) is 0 Å². The van der Waals surface area contributed by atoms with Crippen molar-refractivity contribution in [1.82, 2.24) is 0 Å². The van der Waals surface area contributed by atoms with Crippen molar-refractivity contribution in [3.05, 3.63) is 0 Å². The predicted octanol–water partition coefficient (Wildman–Crippen LogP) is 1.82. The van der Waals surface area contributed by atoms with E-state index in [-0.39, 0.29) is 18.0 Å². The van der Waals surface area contributed by atoms with Gasteiger partial charge in [-0.15, -0.1) is 0 Å². The molecule has 2 unspecified atom stereocenters. The molecule has 1 saturated heterocycles. The summed E-state index contributed by atoms with van der Waals surface area (Å²) in [4.78, 5) is 11.6. The second-order valence-electron chi connectivity index (χ2n) is 4.37. The monoisotopic (exact) mass is 200 g/mol. The molecule has 2 aliphatic rings.